The maximum Gasteiger partial charge on any atom is 0.217 e. The highest BCUT2D eigenvalue weighted by molar-refractivity contribution is 5.89. The third-order valence-electron chi connectivity index (χ3n) is 2.57. The number of benzene rings is 1. The van der Waals surface area contributed by atoms with Crippen molar-refractivity contribution in [2.45, 2.75) is 19.5 Å². The van der Waals surface area contributed by atoms with E-state index in [-0.39, 0.29) is 24.8 Å². The average Bonchev–Trinajstić information content (AvgIpc) is 2.39. The normalized spacial score (nSPS) is 11.9. The third kappa shape index (κ3) is 6.13. The molecule has 1 amide bonds. The second kappa shape index (κ2) is 8.39. The van der Waals surface area contributed by atoms with Gasteiger partial charge in [0.2, 0.25) is 5.91 Å². The number of hydrogen-bond donors (Lipinski definition) is 2. The molecule has 1 unspecified atom stereocenters. The topological polar surface area (TPSA) is 67.4 Å². The molecular formula is C14H20N2O3. The van der Waals surface area contributed by atoms with Crippen molar-refractivity contribution in [3.05, 3.63) is 35.9 Å². The number of rotatable bonds is 8. The van der Waals surface area contributed by atoms with E-state index < -0.39 is 6.04 Å². The molecular weight excluding hydrogens is 244 g/mol. The van der Waals surface area contributed by atoms with Gasteiger partial charge in [-0.2, -0.15) is 0 Å². The van der Waals surface area contributed by atoms with Crippen LogP contribution < -0.4 is 10.6 Å². The van der Waals surface area contributed by atoms with Gasteiger partial charge in [0.1, 0.15) is 6.04 Å². The van der Waals surface area contributed by atoms with Gasteiger partial charge >= 0.3 is 0 Å². The van der Waals surface area contributed by atoms with Crippen LogP contribution >= 0.6 is 0 Å². The summed E-state index contributed by atoms with van der Waals surface area (Å²) < 4.78 is 4.93. The van der Waals surface area contributed by atoms with Gasteiger partial charge < -0.3 is 15.4 Å². The quantitative estimate of drug-likeness (QED) is 0.717. The standard InChI is InChI=1S/C14H20N2O3/c1-11(17)16-13(10-19-2)14(18)9-15-8-12-6-4-3-5-7-12/h3-7,13,15H,8-10H2,1-2H3,(H,16,17). The lowest BCUT2D eigenvalue weighted by molar-refractivity contribution is -0.127. The van der Waals surface area contributed by atoms with E-state index in [1.807, 2.05) is 30.3 Å². The summed E-state index contributed by atoms with van der Waals surface area (Å²) in [4.78, 5) is 22.9. The fraction of sp³-hybridized carbons (Fsp3) is 0.429. The molecule has 5 nitrogen and oxygen atoms in total. The Bertz CT molecular complexity index is 406. The zero-order chi connectivity index (χ0) is 14.1. The fourth-order valence-electron chi connectivity index (χ4n) is 1.68. The number of methoxy groups -OCH3 is 1. The monoisotopic (exact) mass is 264 g/mol. The van der Waals surface area contributed by atoms with Crippen LogP contribution in [0.25, 0.3) is 0 Å². The number of nitrogens with one attached hydrogen (secondary N) is 2. The van der Waals surface area contributed by atoms with Crippen molar-refractivity contribution in [1.82, 2.24) is 10.6 Å². The molecule has 0 aliphatic heterocycles. The second-order valence-electron chi connectivity index (χ2n) is 4.26. The molecule has 0 heterocycles. The van der Waals surface area contributed by atoms with Crippen LogP contribution in [-0.2, 0) is 20.9 Å². The van der Waals surface area contributed by atoms with Gasteiger partial charge in [0, 0.05) is 20.6 Å². The second-order valence-corrected chi connectivity index (χ2v) is 4.26. The van der Waals surface area contributed by atoms with Crippen molar-refractivity contribution >= 4 is 11.7 Å². The Kier molecular flexibility index (Phi) is 6.78. The lowest BCUT2D eigenvalue weighted by atomic mass is 10.2. The Labute approximate surface area is 113 Å². The molecule has 1 aromatic carbocycles. The van der Waals surface area contributed by atoms with Gasteiger partial charge in [-0.1, -0.05) is 30.3 Å². The lowest BCUT2D eigenvalue weighted by Crippen LogP contribution is -2.46. The van der Waals surface area contributed by atoms with E-state index >= 15 is 0 Å². The predicted octanol–water partition coefficient (Wildman–Crippen LogP) is 0.496. The summed E-state index contributed by atoms with van der Waals surface area (Å²) in [5.74, 6) is -0.327. The van der Waals surface area contributed by atoms with E-state index in [4.69, 9.17) is 4.74 Å². The molecule has 0 spiro atoms. The van der Waals surface area contributed by atoms with Crippen LogP contribution in [0.3, 0.4) is 0 Å². The van der Waals surface area contributed by atoms with E-state index in [1.165, 1.54) is 14.0 Å². The van der Waals surface area contributed by atoms with Crippen LogP contribution in [0.4, 0.5) is 0 Å². The molecule has 5 heteroatoms. The number of ketones is 1. The lowest BCUT2D eigenvalue weighted by Gasteiger charge is -2.16. The molecule has 0 fully saturated rings. The van der Waals surface area contributed by atoms with Gasteiger partial charge in [0.25, 0.3) is 0 Å². The molecule has 0 aromatic heterocycles. The highest BCUT2D eigenvalue weighted by atomic mass is 16.5. The first-order chi connectivity index (χ1) is 9.13. The molecule has 0 aliphatic carbocycles. The summed E-state index contributed by atoms with van der Waals surface area (Å²) >= 11 is 0. The molecule has 1 aromatic rings. The van der Waals surface area contributed by atoms with Gasteiger partial charge in [0.05, 0.1) is 13.2 Å². The zero-order valence-electron chi connectivity index (χ0n) is 11.3. The van der Waals surface area contributed by atoms with Crippen LogP contribution in [0.1, 0.15) is 12.5 Å². The van der Waals surface area contributed by atoms with Gasteiger partial charge in [-0.15, -0.1) is 0 Å². The van der Waals surface area contributed by atoms with E-state index in [2.05, 4.69) is 10.6 Å². The Morgan fingerprint density at radius 2 is 1.95 bits per heavy atom. The van der Waals surface area contributed by atoms with Crippen LogP contribution in [-0.4, -0.2) is 38.0 Å². The third-order valence-corrected chi connectivity index (χ3v) is 2.57. The average molecular weight is 264 g/mol. The number of carbonyl (C=O) groups is 2. The van der Waals surface area contributed by atoms with Crippen molar-refractivity contribution < 1.29 is 14.3 Å². The SMILES string of the molecule is COCC(NC(C)=O)C(=O)CNCc1ccccc1. The molecule has 0 radical (unpaired) electrons. The van der Waals surface area contributed by atoms with Gasteiger partial charge in [-0.25, -0.2) is 0 Å². The summed E-state index contributed by atoms with van der Waals surface area (Å²) in [6.07, 6.45) is 0. The predicted molar refractivity (Wildman–Crippen MR) is 72.6 cm³/mol. The van der Waals surface area contributed by atoms with Crippen LogP contribution in [0.15, 0.2) is 30.3 Å². The maximum absolute atomic E-state index is 11.9. The number of Topliss-reactive ketones (excluding diaryl/α,β-unsaturated/α-hetero) is 1. The molecule has 1 rings (SSSR count). The highest BCUT2D eigenvalue weighted by Crippen LogP contribution is 1.97. The minimum atomic E-state index is -0.592. The van der Waals surface area contributed by atoms with Crippen LogP contribution in [0.2, 0.25) is 0 Å². The summed E-state index contributed by atoms with van der Waals surface area (Å²) in [6.45, 7) is 2.38. The summed E-state index contributed by atoms with van der Waals surface area (Å²) in [7, 11) is 1.50. The van der Waals surface area contributed by atoms with E-state index in [0.29, 0.717) is 6.54 Å². The van der Waals surface area contributed by atoms with Crippen LogP contribution in [0.5, 0.6) is 0 Å². The molecule has 0 bridgehead atoms. The summed E-state index contributed by atoms with van der Waals surface area (Å²) in [5, 5.41) is 5.63. The Morgan fingerprint density at radius 3 is 2.53 bits per heavy atom. The minimum absolute atomic E-state index is 0.0898. The molecule has 19 heavy (non-hydrogen) atoms. The van der Waals surface area contributed by atoms with E-state index in [1.54, 1.807) is 0 Å². The first-order valence-corrected chi connectivity index (χ1v) is 6.17. The van der Waals surface area contributed by atoms with Crippen molar-refractivity contribution in [3.63, 3.8) is 0 Å². The highest BCUT2D eigenvalue weighted by Gasteiger charge is 2.18. The zero-order valence-corrected chi connectivity index (χ0v) is 11.3. The summed E-state index contributed by atoms with van der Waals surface area (Å²) in [6, 6.07) is 9.22. The maximum atomic E-state index is 11.9. The number of ether oxygens (including phenoxy) is 1. The first-order valence-electron chi connectivity index (χ1n) is 6.17. The molecule has 104 valence electrons. The molecule has 0 saturated heterocycles. The Hall–Kier alpha value is -1.72. The molecule has 0 saturated carbocycles. The van der Waals surface area contributed by atoms with Gasteiger partial charge in [-0.05, 0) is 5.56 Å². The summed E-state index contributed by atoms with van der Waals surface area (Å²) in [5.41, 5.74) is 1.11. The van der Waals surface area contributed by atoms with Crippen molar-refractivity contribution in [2.24, 2.45) is 0 Å². The van der Waals surface area contributed by atoms with E-state index in [0.717, 1.165) is 5.56 Å². The van der Waals surface area contributed by atoms with E-state index in [9.17, 15) is 9.59 Å². The van der Waals surface area contributed by atoms with Gasteiger partial charge in [0.15, 0.2) is 5.78 Å². The molecule has 0 aliphatic rings. The number of hydrogen-bond acceptors (Lipinski definition) is 4. The Morgan fingerprint density at radius 1 is 1.26 bits per heavy atom. The largest absolute Gasteiger partial charge is 0.382 e. The van der Waals surface area contributed by atoms with Crippen molar-refractivity contribution in [2.75, 3.05) is 20.3 Å². The number of carbonyl (C=O) groups excluding carboxylic acids is 2. The van der Waals surface area contributed by atoms with Gasteiger partial charge in [-0.3, -0.25) is 9.59 Å². The molecule has 1 atom stereocenters. The van der Waals surface area contributed by atoms with Crippen molar-refractivity contribution in [3.8, 4) is 0 Å². The first kappa shape index (κ1) is 15.3. The van der Waals surface area contributed by atoms with Crippen molar-refractivity contribution in [1.29, 1.82) is 0 Å². The smallest absolute Gasteiger partial charge is 0.217 e. The van der Waals surface area contributed by atoms with Crippen LogP contribution in [0, 0.1) is 0 Å². The molecule has 2 N–H and O–H groups in total. The minimum Gasteiger partial charge on any atom is -0.382 e. The Balaban J connectivity index is 2.37. The number of amides is 1. The fourth-order valence-corrected chi connectivity index (χ4v) is 1.68.